The number of carbonyl (C=O) groups excluding carboxylic acids is 15. The Morgan fingerprint density at radius 3 is 1.12 bits per heavy atom. The largest absolute Gasteiger partial charge is 0.508 e. The summed E-state index contributed by atoms with van der Waals surface area (Å²) in [7, 11) is 0. The van der Waals surface area contributed by atoms with Crippen molar-refractivity contribution < 1.29 is 127 Å². The first kappa shape index (κ1) is 103. The van der Waals surface area contributed by atoms with Crippen LogP contribution in [0.4, 0.5) is 0 Å². The van der Waals surface area contributed by atoms with Gasteiger partial charge >= 0.3 is 17.9 Å². The van der Waals surface area contributed by atoms with Crippen LogP contribution in [0.1, 0.15) is 146 Å². The van der Waals surface area contributed by atoms with E-state index < -0.39 is 279 Å². The number of aliphatic imine (C=N–C) groups is 1. The monoisotopic (exact) mass is 1650 g/mol. The zero-order chi connectivity index (χ0) is 88.7. The van der Waals surface area contributed by atoms with Crippen LogP contribution in [-0.4, -0.2) is 276 Å². The molecule has 45 heteroatoms. The van der Waals surface area contributed by atoms with E-state index in [1.807, 2.05) is 0 Å². The summed E-state index contributed by atoms with van der Waals surface area (Å²) in [6.07, 6.45) is -8.61. The third kappa shape index (κ3) is 38.6. The molecule has 0 heterocycles. The molecule has 0 aliphatic heterocycles. The summed E-state index contributed by atoms with van der Waals surface area (Å²) < 4.78 is 0. The molecule has 1 rings (SSSR count). The van der Waals surface area contributed by atoms with Gasteiger partial charge in [0.1, 0.15) is 90.3 Å². The number of aromatic hydroxyl groups is 1. The van der Waals surface area contributed by atoms with Gasteiger partial charge in [0.25, 0.3) is 0 Å². The molecule has 1 aromatic rings. The number of aliphatic hydroxyl groups excluding tert-OH is 4. The van der Waals surface area contributed by atoms with Gasteiger partial charge in [-0.25, -0.2) is 4.79 Å². The number of nitrogens with one attached hydrogen (secondary N) is 14. The van der Waals surface area contributed by atoms with Gasteiger partial charge in [0, 0.05) is 25.8 Å². The summed E-state index contributed by atoms with van der Waals surface area (Å²) in [5.74, 6) is -24.1. The zero-order valence-corrected chi connectivity index (χ0v) is 66.6. The third-order valence-electron chi connectivity index (χ3n) is 17.1. The molecule has 0 saturated carbocycles. The van der Waals surface area contributed by atoms with Gasteiger partial charge in [-0.1, -0.05) is 67.5 Å². The van der Waals surface area contributed by atoms with Crippen LogP contribution >= 0.6 is 0 Å². The molecule has 652 valence electrons. The molecule has 0 aliphatic carbocycles. The first-order valence-corrected chi connectivity index (χ1v) is 37.4. The molecule has 15 amide bonds. The van der Waals surface area contributed by atoms with E-state index in [9.17, 15) is 127 Å². The lowest BCUT2D eigenvalue weighted by Crippen LogP contribution is -2.63. The van der Waals surface area contributed by atoms with Crippen LogP contribution in [0.5, 0.6) is 5.75 Å². The highest BCUT2D eigenvalue weighted by atomic mass is 16.4. The number of aliphatic carboxylic acids is 3. The highest BCUT2D eigenvalue weighted by molar-refractivity contribution is 6.01. The fraction of sp³-hybridized carbons (Fsp3) is 0.648. The average molecular weight is 1650 g/mol. The van der Waals surface area contributed by atoms with E-state index in [0.717, 1.165) is 13.8 Å². The SMILES string of the molecule is CC(C)C[C@H](NC(=O)[C@@H](NC(=O)[C@H](C)NC(=O)[C@@H](NC(=O)[C@@H](NC(=O)[C@H](CC(N)=O)NC(=O)[C@H](Cc1ccc(O)cc1)NC(=O)[C@H](CC(C)C)NC(=O)[C@H](CO)NC(=O)[C@H](CCCN=C(N)N)NC(=O)[C@H](CC(C)C)NC(=O)[C@H](CCC(=O)O)NC(=O)[C@H](CCC(=O)O)NC(=O)[C@H](CO)NC(=O)CN)[C@@H](C)O)C(C)C)[C@@H](C)O)C(=O)O. The van der Waals surface area contributed by atoms with Crippen molar-refractivity contribution in [3.8, 4) is 5.75 Å². The van der Waals surface area contributed by atoms with E-state index >= 15 is 0 Å². The Balaban J connectivity index is 3.73. The Kier molecular flexibility index (Phi) is 45.4. The van der Waals surface area contributed by atoms with Gasteiger partial charge < -0.3 is 138 Å². The number of nitrogens with two attached hydrogens (primary N) is 4. The number of phenolic OH excluding ortho intramolecular Hbond substituents is 1. The second-order valence-electron chi connectivity index (χ2n) is 29.2. The van der Waals surface area contributed by atoms with Crippen LogP contribution in [0, 0.1) is 23.7 Å². The molecular weight excluding hydrogens is 1530 g/mol. The Labute approximate surface area is 668 Å². The minimum Gasteiger partial charge on any atom is -0.508 e. The summed E-state index contributed by atoms with van der Waals surface area (Å²) in [4.78, 5) is 246. The van der Waals surface area contributed by atoms with Crippen LogP contribution < -0.4 is 97.4 Å². The lowest BCUT2D eigenvalue weighted by molar-refractivity contribution is -0.143. The molecule has 116 heavy (non-hydrogen) atoms. The number of nitrogens with zero attached hydrogens (tertiary/aromatic N) is 1. The number of guanidine groups is 1. The fourth-order valence-electron chi connectivity index (χ4n) is 11.0. The van der Waals surface area contributed by atoms with Crippen LogP contribution in [0.2, 0.25) is 0 Å². The fourth-order valence-corrected chi connectivity index (χ4v) is 11.0. The minimum atomic E-state index is -2.02. The van der Waals surface area contributed by atoms with Gasteiger partial charge in [-0.2, -0.15) is 0 Å². The smallest absolute Gasteiger partial charge is 0.326 e. The molecule has 30 N–H and O–H groups in total. The predicted molar refractivity (Wildman–Crippen MR) is 409 cm³/mol. The molecule has 16 atom stereocenters. The lowest BCUT2D eigenvalue weighted by Gasteiger charge is -2.29. The number of rotatable bonds is 54. The molecule has 0 fully saturated rings. The van der Waals surface area contributed by atoms with Gasteiger partial charge in [0.2, 0.25) is 88.6 Å². The first-order valence-electron chi connectivity index (χ1n) is 37.4. The number of carboxylic acid groups (broad SMARTS) is 3. The van der Waals surface area contributed by atoms with Crippen molar-refractivity contribution in [1.82, 2.24) is 74.4 Å². The first-order chi connectivity index (χ1) is 54.0. The summed E-state index contributed by atoms with van der Waals surface area (Å²) in [6, 6.07) is -19.1. The van der Waals surface area contributed by atoms with Gasteiger partial charge in [-0.05, 0) is 107 Å². The second-order valence-corrected chi connectivity index (χ2v) is 29.2. The minimum absolute atomic E-state index is 0.00338. The number of phenols is 1. The Morgan fingerprint density at radius 2 is 0.724 bits per heavy atom. The summed E-state index contributed by atoms with van der Waals surface area (Å²) >= 11 is 0. The molecule has 0 saturated heterocycles. The van der Waals surface area contributed by atoms with Crippen LogP contribution in [0.25, 0.3) is 0 Å². The molecule has 0 aromatic heterocycles. The van der Waals surface area contributed by atoms with Crippen molar-refractivity contribution in [1.29, 1.82) is 0 Å². The predicted octanol–water partition coefficient (Wildman–Crippen LogP) is -9.02. The maximum Gasteiger partial charge on any atom is 0.326 e. The van der Waals surface area contributed by atoms with Gasteiger partial charge in [0.05, 0.1) is 38.4 Å². The number of hydrogen-bond donors (Lipinski definition) is 26. The van der Waals surface area contributed by atoms with E-state index in [4.69, 9.17) is 22.9 Å². The number of carbonyl (C=O) groups is 18. The molecule has 0 unspecified atom stereocenters. The Hall–Kier alpha value is -11.4. The number of aliphatic hydroxyl groups is 4. The highest BCUT2D eigenvalue weighted by Crippen LogP contribution is 2.16. The van der Waals surface area contributed by atoms with E-state index in [1.165, 1.54) is 45.0 Å². The van der Waals surface area contributed by atoms with Crippen molar-refractivity contribution in [3.05, 3.63) is 29.8 Å². The van der Waals surface area contributed by atoms with Crippen LogP contribution in [-0.2, 0) is 92.7 Å². The highest BCUT2D eigenvalue weighted by Gasteiger charge is 2.40. The average Bonchev–Trinajstić information content (AvgIpc) is 0.858. The number of hydrogen-bond acceptors (Lipinski definition) is 25. The van der Waals surface area contributed by atoms with Gasteiger partial charge in [0.15, 0.2) is 5.96 Å². The Bertz CT molecular complexity index is 3580. The maximum absolute atomic E-state index is 14.6. The topological polar surface area (TPSA) is 754 Å². The normalized spacial score (nSPS) is 15.3. The number of primary amides is 1. The quantitative estimate of drug-likeness (QED) is 0.0164. The standard InChI is InChI=1S/C71H117N19O26/c1-31(2)23-43(82-60(105)42(19-21-53(100)101)80-59(104)41(18-20-52(98)99)81-65(110)48(29-91)78-51(97)28-72)61(106)79-40(13-12-22-76-71(74)75)58(103)87-49(30-92)66(111)83-44(24-32(3)4)62(107)84-45(26-38-14-16-39(95)17-15-38)63(108)85-46(27-50(73)96)64(109)90-56(37(11)94)69(114)88-54(34(7)8)67(112)77-35(9)57(102)89-55(36(10)93)68(113)86-47(70(115)116)25-33(5)6/h14-17,31-37,40-49,54-56,91-95H,12-13,18-30,72H2,1-11H3,(H2,73,96)(H,77,112)(H,78,97)(H,79,106)(H,80,104)(H,81,110)(H,82,105)(H,83,111)(H,84,107)(H,85,108)(H,86,113)(H,87,103)(H,88,114)(H,89,102)(H,90,109)(H,98,99)(H,100,101)(H,115,116)(H4,74,75,76)/t35-,36+,37+,40-,41-,42-,43-,44-,45-,46-,47-,48-,49-,54-,55-,56-/m0/s1. The summed E-state index contributed by atoms with van der Waals surface area (Å²) in [5, 5.41) is 113. The lowest BCUT2D eigenvalue weighted by atomic mass is 10.00. The van der Waals surface area contributed by atoms with Crippen molar-refractivity contribution in [2.45, 2.75) is 244 Å². The number of benzene rings is 1. The van der Waals surface area contributed by atoms with Crippen LogP contribution in [0.3, 0.4) is 0 Å². The Morgan fingerprint density at radius 1 is 0.388 bits per heavy atom. The molecular formula is C71H117N19O26. The van der Waals surface area contributed by atoms with Gasteiger partial charge in [-0.15, -0.1) is 0 Å². The van der Waals surface area contributed by atoms with Gasteiger partial charge in [-0.3, -0.25) is 86.5 Å². The van der Waals surface area contributed by atoms with Crippen molar-refractivity contribution in [3.63, 3.8) is 0 Å². The van der Waals surface area contributed by atoms with E-state index in [2.05, 4.69) is 79.4 Å². The molecule has 45 nitrogen and oxygen atoms in total. The second kappa shape index (κ2) is 51.4. The van der Waals surface area contributed by atoms with Crippen molar-refractivity contribution in [2.24, 2.45) is 51.6 Å². The number of amides is 15. The summed E-state index contributed by atoms with van der Waals surface area (Å²) in [6.45, 7) is 13.2. The number of carboxylic acids is 3. The zero-order valence-electron chi connectivity index (χ0n) is 66.6. The van der Waals surface area contributed by atoms with E-state index in [1.54, 1.807) is 41.5 Å². The molecule has 0 aliphatic rings. The van der Waals surface area contributed by atoms with E-state index in [-0.39, 0.29) is 61.8 Å². The molecule has 1 aromatic carbocycles. The maximum atomic E-state index is 14.6. The van der Waals surface area contributed by atoms with Crippen molar-refractivity contribution in [2.75, 3.05) is 26.3 Å². The molecule has 0 radical (unpaired) electrons. The van der Waals surface area contributed by atoms with E-state index in [0.29, 0.717) is 0 Å². The summed E-state index contributed by atoms with van der Waals surface area (Å²) in [5.41, 5.74) is 22.1. The van der Waals surface area contributed by atoms with Crippen molar-refractivity contribution >= 4 is 112 Å². The van der Waals surface area contributed by atoms with Crippen LogP contribution in [0.15, 0.2) is 29.3 Å². The molecule has 0 spiro atoms. The third-order valence-corrected chi connectivity index (χ3v) is 17.1. The molecule has 0 bridgehead atoms.